The van der Waals surface area contributed by atoms with Crippen LogP contribution in [-0.2, 0) is 4.79 Å². The van der Waals surface area contributed by atoms with Gasteiger partial charge in [0.15, 0.2) is 11.9 Å². The molecule has 0 radical (unpaired) electrons. The number of rotatable bonds is 4. The molecule has 6 heteroatoms. The molecule has 0 bridgehead atoms. The van der Waals surface area contributed by atoms with Gasteiger partial charge >= 0.3 is 0 Å². The highest BCUT2D eigenvalue weighted by molar-refractivity contribution is 6.03. The van der Waals surface area contributed by atoms with Crippen LogP contribution in [0.1, 0.15) is 28.1 Å². The molecular weight excluding hydrogens is 308 g/mol. The Morgan fingerprint density at radius 1 is 1.29 bits per heavy atom. The number of furan rings is 1. The van der Waals surface area contributed by atoms with Crippen molar-refractivity contribution in [2.45, 2.75) is 26.4 Å². The van der Waals surface area contributed by atoms with Gasteiger partial charge in [-0.25, -0.2) is 0 Å². The number of benzene rings is 1. The third-order valence-corrected chi connectivity index (χ3v) is 4.17. The second kappa shape index (κ2) is 6.39. The largest absolute Gasteiger partial charge is 0.481 e. The van der Waals surface area contributed by atoms with Crippen LogP contribution in [-0.4, -0.2) is 36.4 Å². The number of aryl methyl sites for hydroxylation is 2. The summed E-state index contributed by atoms with van der Waals surface area (Å²) >= 11 is 0. The molecule has 0 unspecified atom stereocenters. The quantitative estimate of drug-likeness (QED) is 0.937. The minimum absolute atomic E-state index is 0.00155. The summed E-state index contributed by atoms with van der Waals surface area (Å²) in [5.74, 6) is 0.628. The van der Waals surface area contributed by atoms with Crippen LogP contribution in [0, 0.1) is 13.8 Å². The van der Waals surface area contributed by atoms with Crippen molar-refractivity contribution in [3.05, 3.63) is 47.4 Å². The minimum atomic E-state index is -0.430. The van der Waals surface area contributed by atoms with E-state index in [1.54, 1.807) is 30.1 Å². The summed E-state index contributed by atoms with van der Waals surface area (Å²) in [6, 6.07) is 7.08. The average molecular weight is 328 g/mol. The first kappa shape index (κ1) is 16.1. The maximum atomic E-state index is 12.2. The molecule has 1 aromatic carbocycles. The first-order valence-corrected chi connectivity index (χ1v) is 7.83. The Kier molecular flexibility index (Phi) is 4.29. The number of carbonyl (C=O) groups is 2. The van der Waals surface area contributed by atoms with Crippen LogP contribution in [0.15, 0.2) is 34.9 Å². The van der Waals surface area contributed by atoms with E-state index in [0.29, 0.717) is 30.2 Å². The number of likely N-dealkylation sites (tertiary alicyclic amines) is 1. The zero-order valence-corrected chi connectivity index (χ0v) is 14.0. The van der Waals surface area contributed by atoms with E-state index in [0.717, 1.165) is 11.1 Å². The first-order chi connectivity index (χ1) is 11.5. The standard InChI is InChI=1S/C18H20N2O4/c1-11-7-9-23-16(11)17(21)19-14-5-4-13(10-12(14)2)24-15-6-8-20(3)18(15)22/h4-5,7,9-10,15H,6,8H2,1-3H3,(H,19,21)/t15-/m1/s1. The Morgan fingerprint density at radius 2 is 2.08 bits per heavy atom. The molecule has 24 heavy (non-hydrogen) atoms. The first-order valence-electron chi connectivity index (χ1n) is 7.83. The van der Waals surface area contributed by atoms with Crippen molar-refractivity contribution in [2.24, 2.45) is 0 Å². The van der Waals surface area contributed by atoms with Crippen molar-refractivity contribution in [3.63, 3.8) is 0 Å². The number of nitrogens with zero attached hydrogens (tertiary/aromatic N) is 1. The summed E-state index contributed by atoms with van der Waals surface area (Å²) < 4.78 is 11.0. The second-order valence-electron chi connectivity index (χ2n) is 6.02. The molecule has 1 aliphatic rings. The molecule has 6 nitrogen and oxygen atoms in total. The minimum Gasteiger partial charge on any atom is -0.481 e. The molecule has 0 spiro atoms. The summed E-state index contributed by atoms with van der Waals surface area (Å²) in [5.41, 5.74) is 2.32. The van der Waals surface area contributed by atoms with Crippen molar-refractivity contribution in [1.29, 1.82) is 0 Å². The summed E-state index contributed by atoms with van der Waals surface area (Å²) in [4.78, 5) is 25.8. The fourth-order valence-electron chi connectivity index (χ4n) is 2.70. The van der Waals surface area contributed by atoms with E-state index < -0.39 is 6.10 Å². The molecule has 0 saturated carbocycles. The molecule has 2 heterocycles. The molecule has 1 fully saturated rings. The Morgan fingerprint density at radius 3 is 2.67 bits per heavy atom. The Labute approximate surface area is 140 Å². The maximum absolute atomic E-state index is 12.2. The van der Waals surface area contributed by atoms with E-state index in [1.165, 1.54) is 6.26 Å². The monoisotopic (exact) mass is 328 g/mol. The van der Waals surface area contributed by atoms with Crippen LogP contribution in [0.2, 0.25) is 0 Å². The molecular formula is C18H20N2O4. The molecule has 1 saturated heterocycles. The summed E-state index contributed by atoms with van der Waals surface area (Å²) in [6.45, 7) is 4.40. The van der Waals surface area contributed by atoms with Crippen LogP contribution >= 0.6 is 0 Å². The molecule has 0 aliphatic carbocycles. The smallest absolute Gasteiger partial charge is 0.291 e. The third-order valence-electron chi connectivity index (χ3n) is 4.17. The Balaban J connectivity index is 1.70. The van der Waals surface area contributed by atoms with Gasteiger partial charge in [0.25, 0.3) is 11.8 Å². The van der Waals surface area contributed by atoms with Gasteiger partial charge < -0.3 is 19.4 Å². The molecule has 1 aliphatic heterocycles. The van der Waals surface area contributed by atoms with E-state index in [9.17, 15) is 9.59 Å². The molecule has 1 N–H and O–H groups in total. The maximum Gasteiger partial charge on any atom is 0.291 e. The van der Waals surface area contributed by atoms with Crippen LogP contribution in [0.3, 0.4) is 0 Å². The van der Waals surface area contributed by atoms with Crippen molar-refractivity contribution < 1.29 is 18.7 Å². The third kappa shape index (κ3) is 3.13. The zero-order chi connectivity index (χ0) is 17.3. The van der Waals surface area contributed by atoms with E-state index >= 15 is 0 Å². The average Bonchev–Trinajstić information content (AvgIpc) is 3.10. The zero-order valence-electron chi connectivity index (χ0n) is 14.0. The summed E-state index contributed by atoms with van der Waals surface area (Å²) in [6.07, 6.45) is 1.74. The number of nitrogens with one attached hydrogen (secondary N) is 1. The van der Waals surface area contributed by atoms with Crippen molar-refractivity contribution in [1.82, 2.24) is 4.90 Å². The molecule has 2 amide bonds. The van der Waals surface area contributed by atoms with Crippen molar-refractivity contribution in [3.8, 4) is 5.75 Å². The van der Waals surface area contributed by atoms with Gasteiger partial charge in [-0.3, -0.25) is 9.59 Å². The van der Waals surface area contributed by atoms with Gasteiger partial charge in [0.05, 0.1) is 6.26 Å². The van der Waals surface area contributed by atoms with E-state index in [1.807, 2.05) is 19.9 Å². The predicted molar refractivity (Wildman–Crippen MR) is 89.2 cm³/mol. The Bertz CT molecular complexity index is 781. The highest BCUT2D eigenvalue weighted by atomic mass is 16.5. The number of anilines is 1. The van der Waals surface area contributed by atoms with Crippen molar-refractivity contribution in [2.75, 3.05) is 18.9 Å². The van der Waals surface area contributed by atoms with E-state index in [-0.39, 0.29) is 11.8 Å². The van der Waals surface area contributed by atoms with Gasteiger partial charge in [-0.15, -0.1) is 0 Å². The number of likely N-dealkylation sites (N-methyl/N-ethyl adjacent to an activating group) is 1. The summed E-state index contributed by atoms with van der Waals surface area (Å²) in [7, 11) is 1.77. The highest BCUT2D eigenvalue weighted by Gasteiger charge is 2.30. The molecule has 126 valence electrons. The molecule has 2 aromatic rings. The normalized spacial score (nSPS) is 17.2. The van der Waals surface area contributed by atoms with Crippen LogP contribution in [0.25, 0.3) is 0 Å². The molecule has 1 aromatic heterocycles. The second-order valence-corrected chi connectivity index (χ2v) is 6.02. The fourth-order valence-corrected chi connectivity index (χ4v) is 2.70. The van der Waals surface area contributed by atoms with Gasteiger partial charge in [0.2, 0.25) is 0 Å². The van der Waals surface area contributed by atoms with Gasteiger partial charge in [0.1, 0.15) is 5.75 Å². The lowest BCUT2D eigenvalue weighted by Crippen LogP contribution is -2.29. The lowest BCUT2D eigenvalue weighted by atomic mass is 10.1. The number of hydrogen-bond acceptors (Lipinski definition) is 4. The van der Waals surface area contributed by atoms with Crippen LogP contribution < -0.4 is 10.1 Å². The van der Waals surface area contributed by atoms with Crippen molar-refractivity contribution >= 4 is 17.5 Å². The van der Waals surface area contributed by atoms with E-state index in [2.05, 4.69) is 5.32 Å². The van der Waals surface area contributed by atoms with E-state index in [4.69, 9.17) is 9.15 Å². The van der Waals surface area contributed by atoms with Gasteiger partial charge in [0, 0.05) is 31.3 Å². The van der Waals surface area contributed by atoms with Crippen LogP contribution in [0.4, 0.5) is 5.69 Å². The molecule has 3 rings (SSSR count). The van der Waals surface area contributed by atoms with Gasteiger partial charge in [-0.05, 0) is 43.7 Å². The van der Waals surface area contributed by atoms with Gasteiger partial charge in [-0.2, -0.15) is 0 Å². The lowest BCUT2D eigenvalue weighted by Gasteiger charge is -2.15. The van der Waals surface area contributed by atoms with Gasteiger partial charge in [-0.1, -0.05) is 0 Å². The number of carbonyl (C=O) groups excluding carboxylic acids is 2. The van der Waals surface area contributed by atoms with Crippen LogP contribution in [0.5, 0.6) is 5.75 Å². The molecule has 1 atom stereocenters. The summed E-state index contributed by atoms with van der Waals surface area (Å²) in [5, 5.41) is 2.83. The highest BCUT2D eigenvalue weighted by Crippen LogP contribution is 2.25. The topological polar surface area (TPSA) is 71.8 Å². The number of ether oxygens (including phenoxy) is 1. The number of amides is 2. The fraction of sp³-hybridized carbons (Fsp3) is 0.333. The number of hydrogen-bond donors (Lipinski definition) is 1. The predicted octanol–water partition coefficient (Wildman–Crippen LogP) is 2.76. The lowest BCUT2D eigenvalue weighted by molar-refractivity contribution is -0.132. The Hall–Kier alpha value is -2.76. The SMILES string of the molecule is Cc1cc(O[C@@H]2CCN(C)C2=O)ccc1NC(=O)c1occc1C.